The molecule has 0 aromatic carbocycles. The molecule has 0 aliphatic carbocycles. The highest BCUT2D eigenvalue weighted by molar-refractivity contribution is 8.00. The van der Waals surface area contributed by atoms with E-state index in [1.807, 2.05) is 11.8 Å². The molecule has 0 saturated carbocycles. The maximum atomic E-state index is 10.8. The van der Waals surface area contributed by atoms with Crippen LogP contribution >= 0.6 is 11.8 Å². The molecular weight excluding hydrogens is 214 g/mol. The van der Waals surface area contributed by atoms with Crippen molar-refractivity contribution in [2.24, 2.45) is 0 Å². The van der Waals surface area contributed by atoms with Gasteiger partial charge in [0.1, 0.15) is 0 Å². The zero-order valence-electron chi connectivity index (χ0n) is 9.92. The van der Waals surface area contributed by atoms with Gasteiger partial charge in [0, 0.05) is 45.9 Å². The number of thioether (sulfide) groups is 1. The Morgan fingerprint density at radius 2 is 2.00 bits per heavy atom. The average Bonchev–Trinajstić information content (AvgIpc) is 1.99. The predicted molar refractivity (Wildman–Crippen MR) is 68.6 cm³/mol. The van der Waals surface area contributed by atoms with Gasteiger partial charge in [-0.3, -0.25) is 4.21 Å². The third kappa shape index (κ3) is 10.5. The van der Waals surface area contributed by atoms with Gasteiger partial charge in [-0.15, -0.1) is 0 Å². The number of nitrogens with one attached hydrogen (secondary N) is 1. The molecule has 0 amide bonds. The van der Waals surface area contributed by atoms with E-state index in [1.54, 1.807) is 6.26 Å². The lowest BCUT2D eigenvalue weighted by atomic mass is 10.3. The summed E-state index contributed by atoms with van der Waals surface area (Å²) in [5, 5.41) is 3.37. The second kappa shape index (κ2) is 6.85. The topological polar surface area (TPSA) is 29.1 Å². The Balaban J connectivity index is 3.46. The highest BCUT2D eigenvalue weighted by Gasteiger charge is 2.12. The van der Waals surface area contributed by atoms with Crippen LogP contribution in [0.15, 0.2) is 0 Å². The van der Waals surface area contributed by atoms with Crippen LogP contribution < -0.4 is 5.32 Å². The van der Waals surface area contributed by atoms with Gasteiger partial charge in [-0.2, -0.15) is 11.8 Å². The monoisotopic (exact) mass is 237 g/mol. The molecule has 0 unspecified atom stereocenters. The lowest BCUT2D eigenvalue weighted by molar-refractivity contribution is 0.615. The second-order valence-corrected chi connectivity index (χ2v) is 7.96. The molecule has 0 aliphatic rings. The summed E-state index contributed by atoms with van der Waals surface area (Å²) in [6.45, 7) is 9.72. The van der Waals surface area contributed by atoms with Crippen LogP contribution in [-0.4, -0.2) is 39.3 Å². The van der Waals surface area contributed by atoms with Gasteiger partial charge in [-0.25, -0.2) is 0 Å². The summed E-state index contributed by atoms with van der Waals surface area (Å²) in [6, 6.07) is 0.503. The van der Waals surface area contributed by atoms with Crippen molar-refractivity contribution >= 4 is 22.6 Å². The number of hydrogen-bond donors (Lipinski definition) is 1. The van der Waals surface area contributed by atoms with Crippen molar-refractivity contribution in [2.45, 2.75) is 38.5 Å². The second-order valence-electron chi connectivity index (χ2n) is 4.56. The summed E-state index contributed by atoms with van der Waals surface area (Å²) in [5.74, 6) is 1.87. The molecular formula is C10H23NOS2. The minimum absolute atomic E-state index is 0.337. The molecule has 0 radical (unpaired) electrons. The maximum absolute atomic E-state index is 10.8. The molecule has 0 aliphatic heterocycles. The zero-order valence-corrected chi connectivity index (χ0v) is 11.6. The van der Waals surface area contributed by atoms with Crippen LogP contribution in [0.1, 0.15) is 27.7 Å². The van der Waals surface area contributed by atoms with Crippen molar-refractivity contribution < 1.29 is 4.21 Å². The minimum Gasteiger partial charge on any atom is -0.313 e. The van der Waals surface area contributed by atoms with Crippen LogP contribution in [0.5, 0.6) is 0 Å². The van der Waals surface area contributed by atoms with E-state index in [4.69, 9.17) is 0 Å². The first-order chi connectivity index (χ1) is 6.31. The molecule has 14 heavy (non-hydrogen) atoms. The fraction of sp³-hybridized carbons (Fsp3) is 1.00. The smallest absolute Gasteiger partial charge is 0.0357 e. The molecule has 2 atom stereocenters. The van der Waals surface area contributed by atoms with E-state index >= 15 is 0 Å². The van der Waals surface area contributed by atoms with Gasteiger partial charge in [0.15, 0.2) is 0 Å². The molecule has 0 saturated heterocycles. The zero-order chi connectivity index (χ0) is 11.2. The molecule has 4 heteroatoms. The van der Waals surface area contributed by atoms with Crippen LogP contribution in [0.3, 0.4) is 0 Å². The summed E-state index contributed by atoms with van der Waals surface area (Å²) in [5.41, 5.74) is 0. The molecule has 0 fully saturated rings. The van der Waals surface area contributed by atoms with Crippen LogP contribution in [0.2, 0.25) is 0 Å². The van der Waals surface area contributed by atoms with Gasteiger partial charge < -0.3 is 5.32 Å². The standard InChI is InChI=1S/C10H23NOS2/c1-9(8-13-10(2,3)4)11-6-7-14(5)12/h9,11H,6-8H2,1-5H3/t9-,14-/m1/s1. The lowest BCUT2D eigenvalue weighted by Crippen LogP contribution is -2.32. The molecule has 0 bridgehead atoms. The lowest BCUT2D eigenvalue weighted by Gasteiger charge is -2.21. The van der Waals surface area contributed by atoms with Crippen LogP contribution in [0.4, 0.5) is 0 Å². The van der Waals surface area contributed by atoms with Gasteiger partial charge in [0.05, 0.1) is 0 Å². The Morgan fingerprint density at radius 1 is 1.43 bits per heavy atom. The Labute approximate surface area is 95.1 Å². The van der Waals surface area contributed by atoms with Gasteiger partial charge >= 0.3 is 0 Å². The normalized spacial score (nSPS) is 16.6. The average molecular weight is 237 g/mol. The molecule has 1 N–H and O–H groups in total. The van der Waals surface area contributed by atoms with Crippen molar-refractivity contribution in [1.82, 2.24) is 5.32 Å². The molecule has 0 heterocycles. The van der Waals surface area contributed by atoms with E-state index in [9.17, 15) is 4.21 Å². The maximum Gasteiger partial charge on any atom is 0.0357 e. The molecule has 2 nitrogen and oxygen atoms in total. The first-order valence-electron chi connectivity index (χ1n) is 4.98. The van der Waals surface area contributed by atoms with Gasteiger partial charge in [0.25, 0.3) is 0 Å². The predicted octanol–water partition coefficient (Wildman–Crippen LogP) is 1.87. The summed E-state index contributed by atoms with van der Waals surface area (Å²) >= 11 is 1.96. The Hall–Kier alpha value is 0.460. The van der Waals surface area contributed by atoms with Crippen molar-refractivity contribution in [1.29, 1.82) is 0 Å². The Bertz CT molecular complexity index is 177. The van der Waals surface area contributed by atoms with Gasteiger partial charge in [-0.1, -0.05) is 20.8 Å². The highest BCUT2D eigenvalue weighted by Crippen LogP contribution is 2.23. The minimum atomic E-state index is -0.672. The van der Waals surface area contributed by atoms with Crippen molar-refractivity contribution in [2.75, 3.05) is 24.3 Å². The van der Waals surface area contributed by atoms with E-state index in [0.29, 0.717) is 10.8 Å². The third-order valence-corrected chi connectivity index (χ3v) is 3.96. The quantitative estimate of drug-likeness (QED) is 0.765. The molecule has 0 aromatic heterocycles. The fourth-order valence-corrected chi connectivity index (χ4v) is 2.16. The van der Waals surface area contributed by atoms with Crippen molar-refractivity contribution in [3.8, 4) is 0 Å². The number of rotatable bonds is 6. The van der Waals surface area contributed by atoms with E-state index in [2.05, 4.69) is 33.0 Å². The largest absolute Gasteiger partial charge is 0.313 e. The van der Waals surface area contributed by atoms with Crippen molar-refractivity contribution in [3.63, 3.8) is 0 Å². The van der Waals surface area contributed by atoms with Crippen LogP contribution in [0.25, 0.3) is 0 Å². The first-order valence-corrected chi connectivity index (χ1v) is 7.70. The van der Waals surface area contributed by atoms with Crippen molar-refractivity contribution in [3.05, 3.63) is 0 Å². The van der Waals surface area contributed by atoms with E-state index in [-0.39, 0.29) is 0 Å². The number of hydrogen-bond acceptors (Lipinski definition) is 3. The fourth-order valence-electron chi connectivity index (χ4n) is 0.883. The molecule has 0 aromatic rings. The molecule has 86 valence electrons. The summed E-state index contributed by atoms with van der Waals surface area (Å²) in [6.07, 6.45) is 1.75. The third-order valence-electron chi connectivity index (χ3n) is 1.65. The van der Waals surface area contributed by atoms with E-state index in [1.165, 1.54) is 0 Å². The van der Waals surface area contributed by atoms with Crippen LogP contribution in [0, 0.1) is 0 Å². The SMILES string of the molecule is C[C@H](CSC(C)(C)C)NCC[S@@](C)=O. The van der Waals surface area contributed by atoms with E-state index in [0.717, 1.165) is 18.1 Å². The summed E-state index contributed by atoms with van der Waals surface area (Å²) in [7, 11) is -0.672. The Morgan fingerprint density at radius 3 is 2.43 bits per heavy atom. The molecule has 0 spiro atoms. The van der Waals surface area contributed by atoms with Crippen LogP contribution in [-0.2, 0) is 10.8 Å². The summed E-state index contributed by atoms with van der Waals surface area (Å²) in [4.78, 5) is 0. The first kappa shape index (κ1) is 14.5. The molecule has 0 rings (SSSR count). The van der Waals surface area contributed by atoms with E-state index < -0.39 is 10.8 Å². The summed E-state index contributed by atoms with van der Waals surface area (Å²) < 4.78 is 11.1. The van der Waals surface area contributed by atoms with Gasteiger partial charge in [-0.05, 0) is 6.92 Å². The van der Waals surface area contributed by atoms with Gasteiger partial charge in [0.2, 0.25) is 0 Å². The Kier molecular flexibility index (Phi) is 7.08. The highest BCUT2D eigenvalue weighted by atomic mass is 32.2.